The van der Waals surface area contributed by atoms with E-state index < -0.39 is 0 Å². The minimum Gasteiger partial charge on any atom is -0.355 e. The number of pyridine rings is 1. The van der Waals surface area contributed by atoms with E-state index in [2.05, 4.69) is 60.2 Å². The molecular formula is C16H28N4. The van der Waals surface area contributed by atoms with Gasteiger partial charge < -0.3 is 15.1 Å². The minimum absolute atomic E-state index is 0.509. The van der Waals surface area contributed by atoms with E-state index in [9.17, 15) is 0 Å². The quantitative estimate of drug-likeness (QED) is 0.892. The van der Waals surface area contributed by atoms with Crippen LogP contribution in [0.5, 0.6) is 0 Å². The monoisotopic (exact) mass is 276 g/mol. The summed E-state index contributed by atoms with van der Waals surface area (Å²) >= 11 is 0. The number of anilines is 1. The average Bonchev–Trinajstić information content (AvgIpc) is 2.45. The van der Waals surface area contributed by atoms with Gasteiger partial charge >= 0.3 is 0 Å². The second-order valence-corrected chi connectivity index (χ2v) is 6.23. The van der Waals surface area contributed by atoms with Crippen LogP contribution in [0.2, 0.25) is 0 Å². The first kappa shape index (κ1) is 15.3. The van der Waals surface area contributed by atoms with Gasteiger partial charge in [-0.3, -0.25) is 0 Å². The van der Waals surface area contributed by atoms with Crippen LogP contribution < -0.4 is 10.2 Å². The van der Waals surface area contributed by atoms with E-state index >= 15 is 0 Å². The van der Waals surface area contributed by atoms with Gasteiger partial charge in [-0.1, -0.05) is 19.9 Å². The number of piperidine rings is 1. The van der Waals surface area contributed by atoms with Crippen molar-refractivity contribution < 1.29 is 0 Å². The Kier molecular flexibility index (Phi) is 5.38. The molecule has 1 N–H and O–H groups in total. The first-order valence-electron chi connectivity index (χ1n) is 7.66. The van der Waals surface area contributed by atoms with Gasteiger partial charge in [0, 0.05) is 38.4 Å². The molecule has 1 fully saturated rings. The van der Waals surface area contributed by atoms with Gasteiger partial charge in [-0.15, -0.1) is 0 Å². The fourth-order valence-electron chi connectivity index (χ4n) is 2.69. The Hall–Kier alpha value is -1.13. The Labute approximate surface area is 123 Å². The van der Waals surface area contributed by atoms with Crippen LogP contribution in [0.1, 0.15) is 32.3 Å². The lowest BCUT2D eigenvalue weighted by molar-refractivity contribution is 0.247. The molecule has 1 aromatic rings. The number of likely N-dealkylation sites (N-methyl/N-ethyl adjacent to an activating group) is 2. The summed E-state index contributed by atoms with van der Waals surface area (Å²) in [6.07, 6.45) is 4.54. The number of hydrogen-bond donors (Lipinski definition) is 1. The Bertz CT molecular complexity index is 401. The lowest BCUT2D eigenvalue weighted by Crippen LogP contribution is -2.45. The van der Waals surface area contributed by atoms with Crippen molar-refractivity contribution >= 4 is 5.82 Å². The fraction of sp³-hybridized carbons (Fsp3) is 0.688. The summed E-state index contributed by atoms with van der Waals surface area (Å²) in [7, 11) is 4.37. The molecule has 112 valence electrons. The molecule has 0 bridgehead atoms. The lowest BCUT2D eigenvalue weighted by Gasteiger charge is -2.36. The third kappa shape index (κ3) is 4.18. The van der Waals surface area contributed by atoms with E-state index in [1.165, 1.54) is 24.9 Å². The number of hydrogen-bond acceptors (Lipinski definition) is 4. The largest absolute Gasteiger partial charge is 0.355 e. The van der Waals surface area contributed by atoms with Crippen molar-refractivity contribution in [3.63, 3.8) is 0 Å². The van der Waals surface area contributed by atoms with Gasteiger partial charge in [-0.2, -0.15) is 0 Å². The zero-order valence-corrected chi connectivity index (χ0v) is 13.3. The first-order chi connectivity index (χ1) is 9.56. The van der Waals surface area contributed by atoms with Crippen LogP contribution >= 0.6 is 0 Å². The smallest absolute Gasteiger partial charge is 0.128 e. The Balaban J connectivity index is 1.94. The van der Waals surface area contributed by atoms with E-state index in [0.29, 0.717) is 12.1 Å². The molecule has 1 atom stereocenters. The van der Waals surface area contributed by atoms with E-state index in [0.717, 1.165) is 18.9 Å². The summed E-state index contributed by atoms with van der Waals surface area (Å²) in [5.74, 6) is 1.08. The Morgan fingerprint density at radius 3 is 2.85 bits per heavy atom. The molecular weight excluding hydrogens is 248 g/mol. The number of rotatable bonds is 5. The first-order valence-corrected chi connectivity index (χ1v) is 7.66. The number of nitrogens with zero attached hydrogens (tertiary/aromatic N) is 3. The summed E-state index contributed by atoms with van der Waals surface area (Å²) in [6, 6.07) is 5.42. The van der Waals surface area contributed by atoms with Crippen LogP contribution in [-0.2, 0) is 6.54 Å². The molecule has 1 aromatic heterocycles. The molecule has 4 heteroatoms. The van der Waals surface area contributed by atoms with Crippen molar-refractivity contribution in [1.82, 2.24) is 15.2 Å². The number of likely N-dealkylation sites (tertiary alicyclic amines) is 1. The number of aromatic nitrogens is 1. The molecule has 0 amide bonds. The molecule has 2 heterocycles. The third-order valence-electron chi connectivity index (χ3n) is 4.03. The van der Waals surface area contributed by atoms with Crippen molar-refractivity contribution in [3.05, 3.63) is 23.9 Å². The zero-order valence-electron chi connectivity index (χ0n) is 13.3. The van der Waals surface area contributed by atoms with Crippen LogP contribution in [-0.4, -0.2) is 49.2 Å². The molecule has 0 radical (unpaired) electrons. The molecule has 0 saturated carbocycles. The molecule has 0 spiro atoms. The highest BCUT2D eigenvalue weighted by molar-refractivity contribution is 5.39. The van der Waals surface area contributed by atoms with E-state index in [4.69, 9.17) is 0 Å². The molecule has 2 rings (SSSR count). The molecule has 20 heavy (non-hydrogen) atoms. The third-order valence-corrected chi connectivity index (χ3v) is 4.03. The highest BCUT2D eigenvalue weighted by Crippen LogP contribution is 2.19. The van der Waals surface area contributed by atoms with Crippen molar-refractivity contribution in [2.75, 3.05) is 32.1 Å². The summed E-state index contributed by atoms with van der Waals surface area (Å²) < 4.78 is 0. The van der Waals surface area contributed by atoms with E-state index in [-0.39, 0.29) is 0 Å². The normalized spacial score (nSPS) is 20.4. The standard InChI is InChI=1S/C16H28N4/c1-13(2)17-10-14-7-8-16(18-11-14)20(4)15-6-5-9-19(3)12-15/h7-8,11,13,15,17H,5-6,9-10,12H2,1-4H3. The van der Waals surface area contributed by atoms with Crippen LogP contribution in [0, 0.1) is 0 Å². The highest BCUT2D eigenvalue weighted by atomic mass is 15.2. The lowest BCUT2D eigenvalue weighted by atomic mass is 10.1. The van der Waals surface area contributed by atoms with Crippen molar-refractivity contribution in [3.8, 4) is 0 Å². The van der Waals surface area contributed by atoms with Crippen LogP contribution in [0.4, 0.5) is 5.82 Å². The molecule has 1 aliphatic rings. The summed E-state index contributed by atoms with van der Waals surface area (Å²) in [5, 5.41) is 3.42. The van der Waals surface area contributed by atoms with Crippen molar-refractivity contribution in [2.45, 2.75) is 45.3 Å². The second-order valence-electron chi connectivity index (χ2n) is 6.23. The van der Waals surface area contributed by atoms with Crippen LogP contribution in [0.3, 0.4) is 0 Å². The van der Waals surface area contributed by atoms with Gasteiger partial charge in [-0.05, 0) is 38.1 Å². The summed E-state index contributed by atoms with van der Waals surface area (Å²) in [5.41, 5.74) is 1.25. The summed E-state index contributed by atoms with van der Waals surface area (Å²) in [6.45, 7) is 7.57. The predicted octanol–water partition coefficient (Wildman–Crippen LogP) is 2.11. The SMILES string of the molecule is CC(C)NCc1ccc(N(C)C2CCCN(C)C2)nc1. The second kappa shape index (κ2) is 7.04. The van der Waals surface area contributed by atoms with Gasteiger partial charge in [0.1, 0.15) is 5.82 Å². The van der Waals surface area contributed by atoms with Crippen molar-refractivity contribution in [2.24, 2.45) is 0 Å². The van der Waals surface area contributed by atoms with Crippen LogP contribution in [0.25, 0.3) is 0 Å². The topological polar surface area (TPSA) is 31.4 Å². The zero-order chi connectivity index (χ0) is 14.5. The highest BCUT2D eigenvalue weighted by Gasteiger charge is 2.21. The van der Waals surface area contributed by atoms with E-state index in [1.807, 2.05) is 6.20 Å². The number of nitrogens with one attached hydrogen (secondary N) is 1. The van der Waals surface area contributed by atoms with Crippen molar-refractivity contribution in [1.29, 1.82) is 0 Å². The average molecular weight is 276 g/mol. The predicted molar refractivity (Wildman–Crippen MR) is 85.1 cm³/mol. The Morgan fingerprint density at radius 1 is 1.45 bits per heavy atom. The molecule has 0 aromatic carbocycles. The van der Waals surface area contributed by atoms with Gasteiger partial charge in [0.25, 0.3) is 0 Å². The van der Waals surface area contributed by atoms with Gasteiger partial charge in [0.2, 0.25) is 0 Å². The Morgan fingerprint density at radius 2 is 2.25 bits per heavy atom. The minimum atomic E-state index is 0.509. The molecule has 4 nitrogen and oxygen atoms in total. The summed E-state index contributed by atoms with van der Waals surface area (Å²) in [4.78, 5) is 9.36. The maximum atomic E-state index is 4.62. The van der Waals surface area contributed by atoms with Crippen LogP contribution in [0.15, 0.2) is 18.3 Å². The van der Waals surface area contributed by atoms with Gasteiger partial charge in [-0.25, -0.2) is 4.98 Å². The fourth-order valence-corrected chi connectivity index (χ4v) is 2.69. The van der Waals surface area contributed by atoms with Gasteiger partial charge in [0.15, 0.2) is 0 Å². The molecule has 1 aliphatic heterocycles. The van der Waals surface area contributed by atoms with Gasteiger partial charge in [0.05, 0.1) is 0 Å². The molecule has 1 saturated heterocycles. The molecule has 0 aliphatic carbocycles. The van der Waals surface area contributed by atoms with E-state index in [1.54, 1.807) is 0 Å². The molecule has 1 unspecified atom stereocenters. The maximum absolute atomic E-state index is 4.62. The maximum Gasteiger partial charge on any atom is 0.128 e.